The molecular formula is C24H18BrClFN5OS. The van der Waals surface area contributed by atoms with E-state index in [4.69, 9.17) is 11.6 Å². The molecule has 1 heterocycles. The first-order valence-corrected chi connectivity index (χ1v) is 12.2. The minimum Gasteiger partial charge on any atom is -0.272 e. The van der Waals surface area contributed by atoms with Crippen LogP contribution in [-0.2, 0) is 4.79 Å². The molecule has 0 bridgehead atoms. The normalized spacial score (nSPS) is 11.2. The summed E-state index contributed by atoms with van der Waals surface area (Å²) in [5.74, 6) is -0.116. The van der Waals surface area contributed by atoms with Gasteiger partial charge in [-0.15, -0.1) is 10.2 Å². The van der Waals surface area contributed by atoms with Crippen LogP contribution in [0.3, 0.4) is 0 Å². The van der Waals surface area contributed by atoms with Crippen LogP contribution in [0.1, 0.15) is 11.1 Å². The van der Waals surface area contributed by atoms with Crippen LogP contribution in [0, 0.1) is 12.7 Å². The molecule has 4 rings (SSSR count). The number of aryl methyl sites for hydroxylation is 1. The monoisotopic (exact) mass is 557 g/mol. The smallest absolute Gasteiger partial charge is 0.250 e. The lowest BCUT2D eigenvalue weighted by atomic mass is 10.2. The first-order chi connectivity index (χ1) is 16.4. The molecule has 0 atom stereocenters. The molecule has 1 aromatic heterocycles. The Morgan fingerprint density at radius 1 is 1.15 bits per heavy atom. The maximum absolute atomic E-state index is 13.8. The Kier molecular flexibility index (Phi) is 7.77. The summed E-state index contributed by atoms with van der Waals surface area (Å²) in [5, 5.41) is 13.7. The van der Waals surface area contributed by atoms with E-state index in [1.165, 1.54) is 24.0 Å². The second-order valence-corrected chi connectivity index (χ2v) is 9.53. The number of hydrazone groups is 1. The molecule has 0 spiro atoms. The Hall–Kier alpha value is -3.01. The van der Waals surface area contributed by atoms with E-state index in [0.717, 1.165) is 16.8 Å². The summed E-state index contributed by atoms with van der Waals surface area (Å²) in [6, 6.07) is 19.7. The number of hydrogen-bond donors (Lipinski definition) is 1. The molecule has 3 aromatic carbocycles. The highest BCUT2D eigenvalue weighted by Gasteiger charge is 2.17. The van der Waals surface area contributed by atoms with Crippen molar-refractivity contribution in [3.8, 4) is 17.1 Å². The lowest BCUT2D eigenvalue weighted by molar-refractivity contribution is -0.118. The molecule has 0 unspecified atom stereocenters. The van der Waals surface area contributed by atoms with Gasteiger partial charge in [0, 0.05) is 26.3 Å². The second kappa shape index (κ2) is 10.9. The Labute approximate surface area is 213 Å². The van der Waals surface area contributed by atoms with Crippen molar-refractivity contribution in [2.75, 3.05) is 5.75 Å². The zero-order valence-electron chi connectivity index (χ0n) is 17.9. The second-order valence-electron chi connectivity index (χ2n) is 7.23. The van der Waals surface area contributed by atoms with E-state index >= 15 is 0 Å². The number of benzene rings is 3. The summed E-state index contributed by atoms with van der Waals surface area (Å²) < 4.78 is 16.4. The Morgan fingerprint density at radius 3 is 2.62 bits per heavy atom. The summed E-state index contributed by atoms with van der Waals surface area (Å²) in [6.07, 6.45) is 1.26. The van der Waals surface area contributed by atoms with E-state index in [9.17, 15) is 9.18 Å². The summed E-state index contributed by atoms with van der Waals surface area (Å²) >= 11 is 10.5. The molecule has 0 radical (unpaired) electrons. The minimum atomic E-state index is -0.434. The van der Waals surface area contributed by atoms with E-state index in [-0.39, 0.29) is 17.2 Å². The number of rotatable bonds is 7. The van der Waals surface area contributed by atoms with Gasteiger partial charge in [-0.05, 0) is 61.5 Å². The fourth-order valence-corrected chi connectivity index (χ4v) is 4.27. The van der Waals surface area contributed by atoms with Crippen LogP contribution in [0.5, 0.6) is 0 Å². The first kappa shape index (κ1) is 24.1. The highest BCUT2D eigenvalue weighted by molar-refractivity contribution is 9.10. The molecule has 0 aliphatic heterocycles. The van der Waals surface area contributed by atoms with Crippen LogP contribution in [0.15, 0.2) is 81.5 Å². The molecule has 1 amide bonds. The summed E-state index contributed by atoms with van der Waals surface area (Å²) in [4.78, 5) is 12.3. The van der Waals surface area contributed by atoms with E-state index in [0.29, 0.717) is 20.5 Å². The number of nitrogens with one attached hydrogen (secondary N) is 1. The largest absolute Gasteiger partial charge is 0.272 e. The van der Waals surface area contributed by atoms with Crippen molar-refractivity contribution in [2.24, 2.45) is 5.10 Å². The number of hydrogen-bond acceptors (Lipinski definition) is 5. The number of halogens is 3. The highest BCUT2D eigenvalue weighted by Crippen LogP contribution is 2.28. The van der Waals surface area contributed by atoms with Gasteiger partial charge in [-0.3, -0.25) is 9.36 Å². The summed E-state index contributed by atoms with van der Waals surface area (Å²) in [5.41, 5.74) is 5.51. The van der Waals surface area contributed by atoms with Crippen LogP contribution < -0.4 is 5.43 Å². The van der Waals surface area contributed by atoms with Crippen molar-refractivity contribution in [2.45, 2.75) is 12.1 Å². The molecule has 0 saturated carbocycles. The standard InChI is InChI=1S/C24H18BrClFN5OS/c1-15-2-9-20(10-3-15)32-23(16-4-7-19(26)8-5-16)30-31-24(32)34-14-22(33)29-28-13-17-12-18(25)6-11-21(17)27/h2-13H,14H2,1H3,(H,29,33)/b28-13-. The van der Waals surface area contributed by atoms with Gasteiger partial charge in [-0.1, -0.05) is 57.0 Å². The topological polar surface area (TPSA) is 72.2 Å². The lowest BCUT2D eigenvalue weighted by Crippen LogP contribution is -2.20. The van der Waals surface area contributed by atoms with Crippen LogP contribution >= 0.6 is 39.3 Å². The van der Waals surface area contributed by atoms with Crippen LogP contribution in [0.4, 0.5) is 4.39 Å². The molecule has 0 saturated heterocycles. The SMILES string of the molecule is Cc1ccc(-n2c(SCC(=O)N/N=C\c3cc(Br)ccc3F)nnc2-c2ccc(Cl)cc2)cc1. The van der Waals surface area contributed by atoms with E-state index < -0.39 is 5.82 Å². The summed E-state index contributed by atoms with van der Waals surface area (Å²) in [7, 11) is 0. The Bertz CT molecular complexity index is 1340. The van der Waals surface area contributed by atoms with Crippen molar-refractivity contribution < 1.29 is 9.18 Å². The number of nitrogens with zero attached hydrogens (tertiary/aromatic N) is 4. The zero-order valence-corrected chi connectivity index (χ0v) is 21.0. The third kappa shape index (κ3) is 5.91. The van der Waals surface area contributed by atoms with E-state index in [2.05, 4.69) is 36.7 Å². The average molecular weight is 559 g/mol. The van der Waals surface area contributed by atoms with Gasteiger partial charge in [0.05, 0.1) is 12.0 Å². The van der Waals surface area contributed by atoms with Crippen molar-refractivity contribution in [3.05, 3.63) is 93.2 Å². The van der Waals surface area contributed by atoms with Gasteiger partial charge in [0.25, 0.3) is 5.91 Å². The number of carbonyl (C=O) groups is 1. The molecule has 1 N–H and O–H groups in total. The number of carbonyl (C=O) groups excluding carboxylic acids is 1. The summed E-state index contributed by atoms with van der Waals surface area (Å²) in [6.45, 7) is 2.01. The molecule has 4 aromatic rings. The van der Waals surface area contributed by atoms with Crippen molar-refractivity contribution >= 4 is 51.4 Å². The molecule has 0 aliphatic carbocycles. The van der Waals surface area contributed by atoms with Crippen molar-refractivity contribution in [3.63, 3.8) is 0 Å². The fourth-order valence-electron chi connectivity index (χ4n) is 3.03. The average Bonchev–Trinajstić information content (AvgIpc) is 3.25. The van der Waals surface area contributed by atoms with Gasteiger partial charge < -0.3 is 0 Å². The highest BCUT2D eigenvalue weighted by atomic mass is 79.9. The third-order valence-electron chi connectivity index (χ3n) is 4.71. The molecule has 34 heavy (non-hydrogen) atoms. The quantitative estimate of drug-likeness (QED) is 0.171. The molecule has 0 fully saturated rings. The number of aromatic nitrogens is 3. The first-order valence-electron chi connectivity index (χ1n) is 10.1. The maximum Gasteiger partial charge on any atom is 0.250 e. The van der Waals surface area contributed by atoms with Crippen LogP contribution in [-0.4, -0.2) is 32.6 Å². The predicted octanol–water partition coefficient (Wildman–Crippen LogP) is 6.04. The van der Waals surface area contributed by atoms with Gasteiger partial charge in [0.15, 0.2) is 11.0 Å². The van der Waals surface area contributed by atoms with E-state index in [1.807, 2.05) is 47.9 Å². The van der Waals surface area contributed by atoms with Crippen LogP contribution in [0.25, 0.3) is 17.1 Å². The maximum atomic E-state index is 13.8. The van der Waals surface area contributed by atoms with Gasteiger partial charge in [0.2, 0.25) is 0 Å². The van der Waals surface area contributed by atoms with Gasteiger partial charge in [0.1, 0.15) is 5.82 Å². The molecule has 6 nitrogen and oxygen atoms in total. The molecule has 0 aliphatic rings. The third-order valence-corrected chi connectivity index (χ3v) is 6.39. The van der Waals surface area contributed by atoms with Gasteiger partial charge in [-0.2, -0.15) is 5.10 Å². The van der Waals surface area contributed by atoms with Crippen molar-refractivity contribution in [1.82, 2.24) is 20.2 Å². The van der Waals surface area contributed by atoms with Crippen LogP contribution in [0.2, 0.25) is 5.02 Å². The zero-order chi connectivity index (χ0) is 24.1. The van der Waals surface area contributed by atoms with Crippen molar-refractivity contribution in [1.29, 1.82) is 0 Å². The number of thioether (sulfide) groups is 1. The number of amides is 1. The fraction of sp³-hybridized carbons (Fsp3) is 0.0833. The van der Waals surface area contributed by atoms with Gasteiger partial charge in [-0.25, -0.2) is 9.82 Å². The minimum absolute atomic E-state index is 0.0446. The predicted molar refractivity (Wildman–Crippen MR) is 137 cm³/mol. The van der Waals surface area contributed by atoms with E-state index in [1.54, 1.807) is 24.3 Å². The Morgan fingerprint density at radius 2 is 1.88 bits per heavy atom. The Balaban J connectivity index is 1.51. The molecule has 10 heteroatoms. The molecule has 172 valence electrons. The van der Waals surface area contributed by atoms with Gasteiger partial charge >= 0.3 is 0 Å². The lowest BCUT2D eigenvalue weighted by Gasteiger charge is -2.10. The molecular weight excluding hydrogens is 541 g/mol.